The maximum Gasteiger partial charge on any atom is 0.279 e. The van der Waals surface area contributed by atoms with Crippen molar-refractivity contribution in [1.29, 1.82) is 0 Å². The van der Waals surface area contributed by atoms with E-state index in [9.17, 15) is 21.6 Å². The van der Waals surface area contributed by atoms with Crippen molar-refractivity contribution in [2.45, 2.75) is 9.79 Å². The van der Waals surface area contributed by atoms with E-state index < -0.39 is 20.0 Å². The van der Waals surface area contributed by atoms with Gasteiger partial charge in [-0.1, -0.05) is 23.5 Å². The summed E-state index contributed by atoms with van der Waals surface area (Å²) in [5.41, 5.74) is 2.02. The van der Waals surface area contributed by atoms with Crippen molar-refractivity contribution in [3.05, 3.63) is 65.1 Å². The van der Waals surface area contributed by atoms with Crippen LogP contribution in [0.15, 0.2) is 70.0 Å². The number of nitrogens with one attached hydrogen (secondary N) is 2. The number of sulfonamides is 2. The number of fused-ring (bicyclic) bond motifs is 1. The molecule has 0 radical (unpaired) electrons. The number of carbonyl (C=O) groups excluding carboxylic acids is 1. The van der Waals surface area contributed by atoms with Gasteiger partial charge in [-0.05, 0) is 36.4 Å². The molecule has 1 aromatic heterocycles. The number of carbonyl (C=O) groups is 1. The highest BCUT2D eigenvalue weighted by Crippen LogP contribution is 2.40. The SMILES string of the molecule is O=C(Nc1ccc(N2S(=O)(=O)c3ccccc3S2(=O)=O)cc1)c1c[nH+]cs1. The van der Waals surface area contributed by atoms with Crippen LogP contribution in [0, 0.1) is 0 Å². The molecule has 1 aliphatic rings. The molecule has 2 aromatic carbocycles. The maximum atomic E-state index is 12.7. The van der Waals surface area contributed by atoms with Gasteiger partial charge in [0.2, 0.25) is 5.51 Å². The molecule has 2 heterocycles. The average molecular weight is 422 g/mol. The minimum absolute atomic E-state index is 0.0337. The first-order chi connectivity index (χ1) is 12.8. The van der Waals surface area contributed by atoms with Gasteiger partial charge in [0.15, 0.2) is 11.1 Å². The minimum Gasteiger partial charge on any atom is -0.321 e. The minimum atomic E-state index is -4.22. The van der Waals surface area contributed by atoms with Gasteiger partial charge in [-0.2, -0.15) is 20.5 Å². The molecule has 3 aromatic rings. The van der Waals surface area contributed by atoms with Crippen molar-refractivity contribution in [2.75, 3.05) is 9.03 Å². The zero-order valence-electron chi connectivity index (χ0n) is 13.5. The number of aromatic amines is 1. The fourth-order valence-corrected chi connectivity index (χ4v) is 7.69. The Kier molecular flexibility index (Phi) is 4.02. The first-order valence-corrected chi connectivity index (χ1v) is 11.3. The summed E-state index contributed by atoms with van der Waals surface area (Å²) in [5.74, 6) is -0.331. The molecule has 11 heteroatoms. The number of amides is 1. The van der Waals surface area contributed by atoms with Crippen LogP contribution in [0.5, 0.6) is 0 Å². The molecule has 0 saturated carbocycles. The van der Waals surface area contributed by atoms with Gasteiger partial charge in [-0.3, -0.25) is 4.79 Å². The molecule has 0 saturated heterocycles. The van der Waals surface area contributed by atoms with Crippen molar-refractivity contribution < 1.29 is 26.6 Å². The number of thiazole rings is 1. The standard InChI is InChI=1S/C16H11N3O5S3/c20-16(13-9-17-10-25-13)18-11-5-7-12(8-6-11)19-26(21,22)14-3-1-2-4-15(14)27(19,23)24/h1-10H,(H,18,20)/p+1. The molecule has 1 aliphatic heterocycles. The molecule has 4 rings (SSSR count). The van der Waals surface area contributed by atoms with Gasteiger partial charge >= 0.3 is 0 Å². The number of nitrogens with zero attached hydrogens (tertiary/aromatic N) is 1. The predicted octanol–water partition coefficient (Wildman–Crippen LogP) is 1.71. The topological polar surface area (TPSA) is 115 Å². The van der Waals surface area contributed by atoms with Crippen molar-refractivity contribution in [3.63, 3.8) is 0 Å². The Hall–Kier alpha value is -2.76. The molecule has 0 atom stereocenters. The highest BCUT2D eigenvalue weighted by atomic mass is 32.3. The maximum absolute atomic E-state index is 12.7. The summed E-state index contributed by atoms with van der Waals surface area (Å²) in [4.78, 5) is 14.8. The number of anilines is 2. The average Bonchev–Trinajstić information content (AvgIpc) is 3.22. The number of rotatable bonds is 3. The van der Waals surface area contributed by atoms with Crippen LogP contribution in [0.2, 0.25) is 0 Å². The van der Waals surface area contributed by atoms with Crippen LogP contribution in [-0.4, -0.2) is 22.7 Å². The van der Waals surface area contributed by atoms with Crippen molar-refractivity contribution in [1.82, 2.24) is 0 Å². The van der Waals surface area contributed by atoms with E-state index >= 15 is 0 Å². The van der Waals surface area contributed by atoms with E-state index in [1.54, 1.807) is 11.7 Å². The van der Waals surface area contributed by atoms with Gasteiger partial charge in [0, 0.05) is 5.69 Å². The number of aromatic nitrogens is 1. The lowest BCUT2D eigenvalue weighted by Crippen LogP contribution is -2.30. The molecule has 0 bridgehead atoms. The third-order valence-electron chi connectivity index (χ3n) is 3.87. The molecular formula is C16H12N3O5S3+. The van der Waals surface area contributed by atoms with E-state index in [4.69, 9.17) is 0 Å². The van der Waals surface area contributed by atoms with Gasteiger partial charge in [0.1, 0.15) is 9.79 Å². The van der Waals surface area contributed by atoms with E-state index in [0.29, 0.717) is 14.3 Å². The van der Waals surface area contributed by atoms with E-state index in [1.165, 1.54) is 59.9 Å². The van der Waals surface area contributed by atoms with Crippen molar-refractivity contribution in [3.8, 4) is 0 Å². The summed E-state index contributed by atoms with van der Waals surface area (Å²) in [5, 5.41) is 2.65. The molecule has 8 nitrogen and oxygen atoms in total. The van der Waals surface area contributed by atoms with E-state index in [-0.39, 0.29) is 21.4 Å². The van der Waals surface area contributed by atoms with Crippen LogP contribution in [-0.2, 0) is 20.0 Å². The normalized spacial score (nSPS) is 16.7. The lowest BCUT2D eigenvalue weighted by atomic mass is 10.3. The van der Waals surface area contributed by atoms with Crippen molar-refractivity contribution >= 4 is 48.7 Å². The Morgan fingerprint density at radius 2 is 1.52 bits per heavy atom. The molecule has 0 unspecified atom stereocenters. The summed E-state index contributed by atoms with van der Waals surface area (Å²) in [6.07, 6.45) is 1.55. The van der Waals surface area contributed by atoms with E-state index in [0.717, 1.165) is 0 Å². The Labute approximate surface area is 159 Å². The second kappa shape index (κ2) is 6.15. The molecule has 27 heavy (non-hydrogen) atoms. The number of hydrogen-bond acceptors (Lipinski definition) is 6. The molecule has 2 N–H and O–H groups in total. The van der Waals surface area contributed by atoms with Crippen LogP contribution < -0.4 is 14.0 Å². The molecule has 0 fully saturated rings. The van der Waals surface area contributed by atoms with Crippen LogP contribution in [0.3, 0.4) is 0 Å². The first kappa shape index (κ1) is 17.6. The summed E-state index contributed by atoms with van der Waals surface area (Å²) in [6.45, 7) is 0. The number of H-pyrrole nitrogens is 1. The summed E-state index contributed by atoms with van der Waals surface area (Å²) in [7, 11) is -8.45. The predicted molar refractivity (Wildman–Crippen MR) is 98.6 cm³/mol. The monoisotopic (exact) mass is 422 g/mol. The Morgan fingerprint density at radius 3 is 2.04 bits per heavy atom. The van der Waals surface area contributed by atoms with Crippen molar-refractivity contribution in [2.24, 2.45) is 0 Å². The number of hydrogen-bond donors (Lipinski definition) is 1. The molecule has 0 aliphatic carbocycles. The molecule has 138 valence electrons. The van der Waals surface area contributed by atoms with Gasteiger partial charge in [-0.15, -0.1) is 0 Å². The van der Waals surface area contributed by atoms with Gasteiger partial charge < -0.3 is 5.32 Å². The highest BCUT2D eigenvalue weighted by Gasteiger charge is 2.47. The fourth-order valence-electron chi connectivity index (χ4n) is 2.68. The molecular weight excluding hydrogens is 410 g/mol. The second-order valence-electron chi connectivity index (χ2n) is 5.57. The van der Waals surface area contributed by atoms with E-state index in [2.05, 4.69) is 10.3 Å². The van der Waals surface area contributed by atoms with Gasteiger partial charge in [-0.25, -0.2) is 4.98 Å². The van der Waals surface area contributed by atoms with E-state index in [1.807, 2.05) is 0 Å². The largest absolute Gasteiger partial charge is 0.321 e. The fraction of sp³-hybridized carbons (Fsp3) is 0. The summed E-state index contributed by atoms with van der Waals surface area (Å²) >= 11 is 1.23. The van der Waals surface area contributed by atoms with Gasteiger partial charge in [0.25, 0.3) is 26.0 Å². The molecule has 0 spiro atoms. The third kappa shape index (κ3) is 2.80. The third-order valence-corrected chi connectivity index (χ3v) is 9.11. The Bertz CT molecular complexity index is 1180. The zero-order chi connectivity index (χ0) is 19.2. The smallest absolute Gasteiger partial charge is 0.279 e. The van der Waals surface area contributed by atoms with Crippen LogP contribution in [0.4, 0.5) is 11.4 Å². The van der Waals surface area contributed by atoms with Crippen LogP contribution in [0.25, 0.3) is 0 Å². The lowest BCUT2D eigenvalue weighted by Gasteiger charge is -2.16. The van der Waals surface area contributed by atoms with Crippen LogP contribution >= 0.6 is 11.3 Å². The lowest BCUT2D eigenvalue weighted by molar-refractivity contribution is -0.370. The molecule has 1 amide bonds. The first-order valence-electron chi connectivity index (χ1n) is 7.57. The Balaban J connectivity index is 1.68. The highest BCUT2D eigenvalue weighted by molar-refractivity contribution is 8.12. The van der Waals surface area contributed by atoms with Crippen LogP contribution in [0.1, 0.15) is 9.67 Å². The second-order valence-corrected chi connectivity index (χ2v) is 10.2. The quantitative estimate of drug-likeness (QED) is 0.690. The number of benzene rings is 2. The summed E-state index contributed by atoms with van der Waals surface area (Å²) < 4.78 is 51.2. The Morgan fingerprint density at radius 1 is 0.926 bits per heavy atom. The zero-order valence-corrected chi connectivity index (χ0v) is 15.9. The van der Waals surface area contributed by atoms with Gasteiger partial charge in [0.05, 0.1) is 5.69 Å². The summed E-state index contributed by atoms with van der Waals surface area (Å²) in [6, 6.07) is 11.0.